The van der Waals surface area contributed by atoms with Crippen molar-refractivity contribution in [2.75, 3.05) is 7.05 Å². The van der Waals surface area contributed by atoms with Gasteiger partial charge in [0.05, 0.1) is 0 Å². The summed E-state index contributed by atoms with van der Waals surface area (Å²) in [5.41, 5.74) is 6.84. The zero-order chi connectivity index (χ0) is 53.8. The Morgan fingerprint density at radius 2 is 0.879 bits per heavy atom. The monoisotopic (exact) mass is 924 g/mol. The molecule has 1 aromatic rings. The molecular formula is C65H129N. The lowest BCUT2D eigenvalue weighted by molar-refractivity contribution is 0.00515. The van der Waals surface area contributed by atoms with Crippen LogP contribution in [0.1, 0.15) is 295 Å². The molecule has 0 aliphatic heterocycles. The maximum absolute atomic E-state index is 4.08. The van der Waals surface area contributed by atoms with E-state index in [-0.39, 0.29) is 38.2 Å². The zero-order valence-corrected chi connectivity index (χ0v) is 51.8. The van der Waals surface area contributed by atoms with Crippen LogP contribution < -0.4 is 0 Å². The fourth-order valence-electron chi connectivity index (χ4n) is 9.33. The molecule has 0 aliphatic rings. The Hall–Kier alpha value is -1.60. The maximum atomic E-state index is 4.08. The summed E-state index contributed by atoms with van der Waals surface area (Å²) in [5, 5.41) is 0. The second kappa shape index (κ2) is 33.1. The van der Waals surface area contributed by atoms with Crippen LogP contribution in [0.2, 0.25) is 0 Å². The van der Waals surface area contributed by atoms with Crippen LogP contribution in [0.5, 0.6) is 0 Å². The van der Waals surface area contributed by atoms with E-state index in [0.717, 1.165) is 6.42 Å². The molecule has 0 aliphatic carbocycles. The molecule has 1 atom stereocenters. The van der Waals surface area contributed by atoms with Gasteiger partial charge in [-0.3, -0.25) is 4.90 Å². The first kappa shape index (κ1) is 73.4. The molecule has 0 fully saturated rings. The molecule has 394 valence electrons. The van der Waals surface area contributed by atoms with Crippen molar-refractivity contribution in [3.05, 3.63) is 72.9 Å². The van der Waals surface area contributed by atoms with E-state index in [2.05, 4.69) is 215 Å². The summed E-state index contributed by atoms with van der Waals surface area (Å²) in [5.74, 6) is 0.658. The highest BCUT2D eigenvalue weighted by molar-refractivity contribution is 5.38. The van der Waals surface area contributed by atoms with Crippen molar-refractivity contribution in [1.82, 2.24) is 4.90 Å². The molecule has 0 saturated carbocycles. The van der Waals surface area contributed by atoms with Crippen molar-refractivity contribution < 1.29 is 0 Å². The topological polar surface area (TPSA) is 3.24 Å². The molecule has 0 bridgehead atoms. The van der Waals surface area contributed by atoms with Gasteiger partial charge >= 0.3 is 0 Å². The van der Waals surface area contributed by atoms with Gasteiger partial charge in [0.2, 0.25) is 0 Å². The predicted molar refractivity (Wildman–Crippen MR) is 313 cm³/mol. The SMILES string of the molecule is C=CC.C=CC.C=CCC(C)(C)N(C)C(C)(C)CCC(CCC)(Cc1cc(C(C)(C)C)cc(C(C)(C)C)c1)C(CC(C)(C)C)CC(C)(C)C.CC.CC.CCCC(C)(C)CCCC(C)(C)C. The smallest absolute Gasteiger partial charge is 0.0189 e. The van der Waals surface area contributed by atoms with Crippen LogP contribution in [0.25, 0.3) is 0 Å². The van der Waals surface area contributed by atoms with E-state index < -0.39 is 0 Å². The summed E-state index contributed by atoms with van der Waals surface area (Å²) in [4.78, 5) is 2.64. The first-order valence-electron chi connectivity index (χ1n) is 27.3. The standard InChI is InChI=1S/C42H77N.C13H28.2C3H6.2C2H6/c1-20-22-40(15,16)43(19)41(17,18)24-25-42(23-21-2,35(30-36(3,4)5)31-37(6,7)8)29-32-26-33(38(9,10)11)28-34(27-32)39(12,13)14;1-7-9-13(5,6)11-8-10-12(2,3)4;2*1-3-2;2*1-2/h20,26-28,35H,1,21-25,29-31H2,2-19H3;7-11H2,1-6H3;2*3H,1H2,2H3;2*1-2H3. The van der Waals surface area contributed by atoms with Gasteiger partial charge in [-0.2, -0.15) is 0 Å². The fourth-order valence-corrected chi connectivity index (χ4v) is 9.33. The van der Waals surface area contributed by atoms with E-state index in [1.807, 2.05) is 41.5 Å². The van der Waals surface area contributed by atoms with Gasteiger partial charge in [-0.25, -0.2) is 0 Å². The van der Waals surface area contributed by atoms with Crippen molar-refractivity contribution >= 4 is 0 Å². The second-order valence-corrected chi connectivity index (χ2v) is 27.3. The lowest BCUT2D eigenvalue weighted by Crippen LogP contribution is -2.53. The first-order valence-corrected chi connectivity index (χ1v) is 27.3. The molecule has 1 aromatic carbocycles. The highest BCUT2D eigenvalue weighted by atomic mass is 15.2. The van der Waals surface area contributed by atoms with Crippen LogP contribution in [0.3, 0.4) is 0 Å². The summed E-state index contributed by atoms with van der Waals surface area (Å²) in [7, 11) is 2.34. The van der Waals surface area contributed by atoms with Gasteiger partial charge in [-0.1, -0.05) is 215 Å². The number of nitrogens with zero attached hydrogens (tertiary/aromatic N) is 1. The van der Waals surface area contributed by atoms with Crippen LogP contribution in [0.15, 0.2) is 56.2 Å². The van der Waals surface area contributed by atoms with Crippen LogP contribution in [0.4, 0.5) is 0 Å². The maximum Gasteiger partial charge on any atom is 0.0189 e. The summed E-state index contributed by atoms with van der Waals surface area (Å²) < 4.78 is 0. The minimum atomic E-state index is 0.0809. The summed E-state index contributed by atoms with van der Waals surface area (Å²) in [6.07, 6.45) is 22.1. The number of hydrogen-bond acceptors (Lipinski definition) is 1. The van der Waals surface area contributed by atoms with Gasteiger partial charge < -0.3 is 0 Å². The Balaban J connectivity index is -0.000000445. The molecule has 0 radical (unpaired) electrons. The molecule has 66 heavy (non-hydrogen) atoms. The van der Waals surface area contributed by atoms with Crippen LogP contribution >= 0.6 is 0 Å². The van der Waals surface area contributed by atoms with Gasteiger partial charge in [0, 0.05) is 11.1 Å². The molecule has 0 saturated heterocycles. The molecule has 0 spiro atoms. The average molecular weight is 925 g/mol. The van der Waals surface area contributed by atoms with Gasteiger partial charge in [0.1, 0.15) is 0 Å². The molecule has 0 aromatic heterocycles. The molecule has 1 heteroatoms. The van der Waals surface area contributed by atoms with E-state index in [1.54, 1.807) is 17.7 Å². The van der Waals surface area contributed by atoms with E-state index in [9.17, 15) is 0 Å². The Labute approximate surface area is 422 Å². The third-order valence-electron chi connectivity index (χ3n) is 13.0. The largest absolute Gasteiger partial charge is 0.296 e. The van der Waals surface area contributed by atoms with Gasteiger partial charge in [-0.15, -0.1) is 19.7 Å². The van der Waals surface area contributed by atoms with Gasteiger partial charge in [-0.05, 0) is 173 Å². The van der Waals surface area contributed by atoms with Crippen LogP contribution in [0, 0.1) is 33.0 Å². The Bertz CT molecular complexity index is 1310. The minimum Gasteiger partial charge on any atom is -0.296 e. The molecule has 0 heterocycles. The van der Waals surface area contributed by atoms with E-state index in [4.69, 9.17) is 0 Å². The number of hydrogen-bond donors (Lipinski definition) is 0. The van der Waals surface area contributed by atoms with E-state index in [1.165, 1.54) is 88.2 Å². The van der Waals surface area contributed by atoms with Crippen molar-refractivity contribution in [2.45, 2.75) is 306 Å². The summed E-state index contributed by atoms with van der Waals surface area (Å²) >= 11 is 0. The lowest BCUT2D eigenvalue weighted by atomic mass is 9.58. The van der Waals surface area contributed by atoms with E-state index in [0.29, 0.717) is 16.7 Å². The predicted octanol–water partition coefficient (Wildman–Crippen LogP) is 22.4. The van der Waals surface area contributed by atoms with Crippen LogP contribution in [-0.2, 0) is 17.3 Å². The highest BCUT2D eigenvalue weighted by Gasteiger charge is 2.44. The van der Waals surface area contributed by atoms with Gasteiger partial charge in [0.15, 0.2) is 0 Å². The average Bonchev–Trinajstić information content (AvgIpc) is 3.13. The van der Waals surface area contributed by atoms with Gasteiger partial charge in [0.25, 0.3) is 0 Å². The molecule has 0 N–H and O–H groups in total. The highest BCUT2D eigenvalue weighted by Crippen LogP contribution is 2.52. The second-order valence-electron chi connectivity index (χ2n) is 27.3. The van der Waals surface area contributed by atoms with Crippen LogP contribution in [-0.4, -0.2) is 23.0 Å². The van der Waals surface area contributed by atoms with E-state index >= 15 is 0 Å². The number of benzene rings is 1. The van der Waals surface area contributed by atoms with Crippen molar-refractivity contribution in [3.63, 3.8) is 0 Å². The number of allylic oxidation sites excluding steroid dienone is 2. The summed E-state index contributed by atoms with van der Waals surface area (Å²) in [6.45, 7) is 77.9. The number of rotatable bonds is 19. The summed E-state index contributed by atoms with van der Waals surface area (Å²) in [6, 6.07) is 7.65. The first-order chi connectivity index (χ1) is 29.7. The Kier molecular flexibility index (Phi) is 36.8. The minimum absolute atomic E-state index is 0.0809. The quantitative estimate of drug-likeness (QED) is 0.125. The zero-order valence-electron chi connectivity index (χ0n) is 51.8. The lowest BCUT2D eigenvalue weighted by Gasteiger charge is -2.51. The molecule has 1 rings (SSSR count). The molecule has 0 amide bonds. The third-order valence-corrected chi connectivity index (χ3v) is 13.0. The van der Waals surface area contributed by atoms with Crippen molar-refractivity contribution in [2.24, 2.45) is 33.0 Å². The molecule has 1 nitrogen and oxygen atoms in total. The fraction of sp³-hybridized carbons (Fsp3) is 0.815. The third kappa shape index (κ3) is 34.6. The van der Waals surface area contributed by atoms with Crippen molar-refractivity contribution in [3.8, 4) is 0 Å². The Morgan fingerprint density at radius 1 is 0.500 bits per heavy atom. The van der Waals surface area contributed by atoms with Crippen molar-refractivity contribution in [1.29, 1.82) is 0 Å². The normalized spacial score (nSPS) is 13.5. The molecular weight excluding hydrogens is 795 g/mol. The Morgan fingerprint density at radius 3 is 1.18 bits per heavy atom. The molecule has 1 unspecified atom stereocenters.